The van der Waals surface area contributed by atoms with Crippen LogP contribution in [0.1, 0.15) is 23.6 Å². The number of carbonyl (C=O) groups is 1. The van der Waals surface area contributed by atoms with Crippen molar-refractivity contribution >= 4 is 5.91 Å². The summed E-state index contributed by atoms with van der Waals surface area (Å²) < 4.78 is 5.77. The predicted molar refractivity (Wildman–Crippen MR) is 80.2 cm³/mol. The van der Waals surface area contributed by atoms with Gasteiger partial charge in [-0.25, -0.2) is 0 Å². The normalized spacial score (nSPS) is 19.0. The first kappa shape index (κ1) is 14.9. The standard InChI is InChI=1S/C16H24N2O2/c1-11-7-12(2)16(13(3)8-11)20-10-15(19)18-6-5-17-9-14(18)4/h7-8,14,17H,5-6,9-10H2,1-4H3/t14-/m0/s1. The Balaban J connectivity index is 2.00. The van der Waals surface area contributed by atoms with Crippen LogP contribution in [0.2, 0.25) is 0 Å². The lowest BCUT2D eigenvalue weighted by Crippen LogP contribution is -2.53. The van der Waals surface area contributed by atoms with Crippen molar-refractivity contribution in [2.75, 3.05) is 26.2 Å². The summed E-state index contributed by atoms with van der Waals surface area (Å²) in [7, 11) is 0. The number of hydrogen-bond donors (Lipinski definition) is 1. The number of piperazine rings is 1. The zero-order valence-corrected chi connectivity index (χ0v) is 12.8. The van der Waals surface area contributed by atoms with Gasteiger partial charge in [0.15, 0.2) is 6.61 Å². The van der Waals surface area contributed by atoms with Gasteiger partial charge in [0.2, 0.25) is 0 Å². The van der Waals surface area contributed by atoms with E-state index in [2.05, 4.69) is 31.3 Å². The molecule has 1 aromatic carbocycles. The zero-order valence-electron chi connectivity index (χ0n) is 12.8. The number of carbonyl (C=O) groups excluding carboxylic acids is 1. The Labute approximate surface area is 121 Å². The molecule has 0 aromatic heterocycles. The van der Waals surface area contributed by atoms with Gasteiger partial charge in [0.05, 0.1) is 0 Å². The maximum atomic E-state index is 12.2. The Morgan fingerprint density at radius 2 is 2.00 bits per heavy atom. The fraction of sp³-hybridized carbons (Fsp3) is 0.562. The lowest BCUT2D eigenvalue weighted by Gasteiger charge is -2.34. The Kier molecular flexibility index (Phi) is 4.65. The fourth-order valence-electron chi connectivity index (χ4n) is 2.82. The molecule has 1 N–H and O–H groups in total. The third-order valence-electron chi connectivity index (χ3n) is 3.77. The Morgan fingerprint density at radius 1 is 1.35 bits per heavy atom. The molecule has 20 heavy (non-hydrogen) atoms. The third kappa shape index (κ3) is 3.31. The molecule has 0 bridgehead atoms. The molecule has 1 aromatic rings. The monoisotopic (exact) mass is 276 g/mol. The first-order valence-electron chi connectivity index (χ1n) is 7.20. The molecule has 1 saturated heterocycles. The van der Waals surface area contributed by atoms with Crippen molar-refractivity contribution < 1.29 is 9.53 Å². The molecule has 1 aliphatic heterocycles. The number of ether oxygens (including phenoxy) is 1. The van der Waals surface area contributed by atoms with Gasteiger partial charge in [0, 0.05) is 25.7 Å². The summed E-state index contributed by atoms with van der Waals surface area (Å²) in [6.45, 7) is 10.8. The summed E-state index contributed by atoms with van der Waals surface area (Å²) in [6.07, 6.45) is 0. The van der Waals surface area contributed by atoms with Gasteiger partial charge in [0.1, 0.15) is 5.75 Å². The number of nitrogens with zero attached hydrogens (tertiary/aromatic N) is 1. The second-order valence-electron chi connectivity index (χ2n) is 5.66. The Bertz CT molecular complexity index is 476. The van der Waals surface area contributed by atoms with Crippen LogP contribution in [-0.4, -0.2) is 43.1 Å². The first-order valence-corrected chi connectivity index (χ1v) is 7.20. The number of amides is 1. The van der Waals surface area contributed by atoms with Gasteiger partial charge >= 0.3 is 0 Å². The lowest BCUT2D eigenvalue weighted by atomic mass is 10.1. The summed E-state index contributed by atoms with van der Waals surface area (Å²) in [5, 5.41) is 3.28. The van der Waals surface area contributed by atoms with Crippen LogP contribution >= 0.6 is 0 Å². The molecular weight excluding hydrogens is 252 g/mol. The molecule has 4 heteroatoms. The summed E-state index contributed by atoms with van der Waals surface area (Å²) in [6, 6.07) is 4.40. The molecule has 1 atom stereocenters. The van der Waals surface area contributed by atoms with Crippen LogP contribution in [0.15, 0.2) is 12.1 Å². The van der Waals surface area contributed by atoms with Crippen molar-refractivity contribution in [1.29, 1.82) is 0 Å². The molecule has 1 fully saturated rings. The summed E-state index contributed by atoms with van der Waals surface area (Å²) >= 11 is 0. The fourth-order valence-corrected chi connectivity index (χ4v) is 2.82. The third-order valence-corrected chi connectivity index (χ3v) is 3.77. The largest absolute Gasteiger partial charge is 0.483 e. The highest BCUT2D eigenvalue weighted by Gasteiger charge is 2.23. The molecule has 0 aliphatic carbocycles. The quantitative estimate of drug-likeness (QED) is 0.915. The Morgan fingerprint density at radius 3 is 2.60 bits per heavy atom. The molecule has 110 valence electrons. The van der Waals surface area contributed by atoms with Crippen LogP contribution in [0.5, 0.6) is 5.75 Å². The molecule has 0 spiro atoms. The van der Waals surface area contributed by atoms with E-state index in [1.807, 2.05) is 18.7 Å². The smallest absolute Gasteiger partial charge is 0.260 e. The second-order valence-corrected chi connectivity index (χ2v) is 5.66. The minimum absolute atomic E-state index is 0.0679. The first-order chi connectivity index (χ1) is 9.49. The van der Waals surface area contributed by atoms with E-state index in [9.17, 15) is 4.79 Å². The van der Waals surface area contributed by atoms with Crippen LogP contribution in [0.25, 0.3) is 0 Å². The van der Waals surface area contributed by atoms with Gasteiger partial charge in [-0.15, -0.1) is 0 Å². The SMILES string of the molecule is Cc1cc(C)c(OCC(=O)N2CCNC[C@@H]2C)c(C)c1. The van der Waals surface area contributed by atoms with E-state index < -0.39 is 0 Å². The van der Waals surface area contributed by atoms with Gasteiger partial charge < -0.3 is 15.0 Å². The van der Waals surface area contributed by atoms with Gasteiger partial charge in [0.25, 0.3) is 5.91 Å². The summed E-state index contributed by atoms with van der Waals surface area (Å²) in [5.74, 6) is 0.908. The van der Waals surface area contributed by atoms with Crippen molar-refractivity contribution in [2.45, 2.75) is 33.7 Å². The van der Waals surface area contributed by atoms with Crippen molar-refractivity contribution in [3.8, 4) is 5.75 Å². The van der Waals surface area contributed by atoms with Crippen molar-refractivity contribution in [3.63, 3.8) is 0 Å². The van der Waals surface area contributed by atoms with Crippen LogP contribution in [-0.2, 0) is 4.79 Å². The van der Waals surface area contributed by atoms with E-state index in [-0.39, 0.29) is 18.6 Å². The highest BCUT2D eigenvalue weighted by Crippen LogP contribution is 2.24. The highest BCUT2D eigenvalue weighted by atomic mass is 16.5. The van der Waals surface area contributed by atoms with Crippen molar-refractivity contribution in [1.82, 2.24) is 10.2 Å². The van der Waals surface area contributed by atoms with E-state index >= 15 is 0 Å². The topological polar surface area (TPSA) is 41.6 Å². The molecule has 0 unspecified atom stereocenters. The predicted octanol–water partition coefficient (Wildman–Crippen LogP) is 1.81. The molecule has 0 radical (unpaired) electrons. The van der Waals surface area contributed by atoms with E-state index in [0.717, 1.165) is 36.5 Å². The summed E-state index contributed by atoms with van der Waals surface area (Å²) in [5.41, 5.74) is 3.39. The number of aryl methyl sites for hydroxylation is 3. The van der Waals surface area contributed by atoms with Crippen LogP contribution in [0.3, 0.4) is 0 Å². The van der Waals surface area contributed by atoms with E-state index in [1.54, 1.807) is 0 Å². The average molecular weight is 276 g/mol. The molecule has 4 nitrogen and oxygen atoms in total. The number of hydrogen-bond acceptors (Lipinski definition) is 3. The van der Waals surface area contributed by atoms with Crippen molar-refractivity contribution in [2.24, 2.45) is 0 Å². The maximum Gasteiger partial charge on any atom is 0.260 e. The van der Waals surface area contributed by atoms with Crippen LogP contribution in [0.4, 0.5) is 0 Å². The lowest BCUT2D eigenvalue weighted by molar-refractivity contribution is -0.136. The molecule has 1 aliphatic rings. The maximum absolute atomic E-state index is 12.2. The number of rotatable bonds is 3. The second kappa shape index (κ2) is 6.27. The average Bonchev–Trinajstić information content (AvgIpc) is 2.37. The molecule has 1 heterocycles. The molecule has 1 amide bonds. The van der Waals surface area contributed by atoms with Gasteiger partial charge in [-0.2, -0.15) is 0 Å². The summed E-state index contributed by atoms with van der Waals surface area (Å²) in [4.78, 5) is 14.1. The number of nitrogens with one attached hydrogen (secondary N) is 1. The van der Waals surface area contributed by atoms with Gasteiger partial charge in [-0.1, -0.05) is 17.7 Å². The van der Waals surface area contributed by atoms with Crippen molar-refractivity contribution in [3.05, 3.63) is 28.8 Å². The van der Waals surface area contributed by atoms with Gasteiger partial charge in [-0.05, 0) is 38.8 Å². The zero-order chi connectivity index (χ0) is 14.7. The van der Waals surface area contributed by atoms with Crippen LogP contribution < -0.4 is 10.1 Å². The minimum atomic E-state index is 0.0679. The van der Waals surface area contributed by atoms with E-state index in [1.165, 1.54) is 5.56 Å². The molecular formula is C16H24N2O2. The van der Waals surface area contributed by atoms with Gasteiger partial charge in [-0.3, -0.25) is 4.79 Å². The Hall–Kier alpha value is -1.55. The number of benzene rings is 1. The van der Waals surface area contributed by atoms with E-state index in [4.69, 9.17) is 4.74 Å². The minimum Gasteiger partial charge on any atom is -0.483 e. The molecule has 2 rings (SSSR count). The molecule has 0 saturated carbocycles. The van der Waals surface area contributed by atoms with E-state index in [0.29, 0.717) is 0 Å². The van der Waals surface area contributed by atoms with Crippen LogP contribution in [0, 0.1) is 20.8 Å². The highest BCUT2D eigenvalue weighted by molar-refractivity contribution is 5.78.